The van der Waals surface area contributed by atoms with Crippen molar-refractivity contribution in [2.75, 3.05) is 0 Å². The Morgan fingerprint density at radius 1 is 0.605 bits per heavy atom. The molecule has 4 heterocycles. The molecule has 4 aromatic heterocycles. The van der Waals surface area contributed by atoms with E-state index in [1.807, 2.05) is 74.5 Å². The fraction of sp³-hybridized carbons (Fsp3) is 0.200. The first kappa shape index (κ1) is 25.3. The molecule has 0 fully saturated rings. The Bertz CT molecular complexity index is 1500. The number of aromatic nitrogens is 5. The molecule has 0 saturated carbocycles. The molecule has 192 valence electrons. The van der Waals surface area contributed by atoms with Crippen molar-refractivity contribution in [3.8, 4) is 5.82 Å². The van der Waals surface area contributed by atoms with Gasteiger partial charge >= 0.3 is 6.18 Å². The minimum Gasteiger partial charge on any atom is -0.260 e. The average molecular weight is 514 g/mol. The predicted octanol–water partition coefficient (Wildman–Crippen LogP) is 6.76. The fourth-order valence-corrected chi connectivity index (χ4v) is 4.55. The van der Waals surface area contributed by atoms with Crippen LogP contribution in [0.15, 0.2) is 103 Å². The van der Waals surface area contributed by atoms with E-state index in [2.05, 4.69) is 34.1 Å². The normalized spacial score (nSPS) is 13.7. The lowest BCUT2D eigenvalue weighted by molar-refractivity contribution is -0.141. The molecule has 0 N–H and O–H groups in total. The number of nitrogens with zero attached hydrogens (tertiary/aromatic N) is 5. The third-order valence-corrected chi connectivity index (χ3v) is 6.92. The fourth-order valence-electron chi connectivity index (χ4n) is 4.55. The molecule has 0 saturated heterocycles. The van der Waals surface area contributed by atoms with E-state index in [4.69, 9.17) is 4.98 Å². The molecule has 0 amide bonds. The molecule has 0 bridgehead atoms. The molecule has 1 aromatic carbocycles. The van der Waals surface area contributed by atoms with Gasteiger partial charge in [-0.1, -0.05) is 48.5 Å². The maximum Gasteiger partial charge on any atom is 0.435 e. The molecule has 5 rings (SSSR count). The summed E-state index contributed by atoms with van der Waals surface area (Å²) in [6.45, 7) is 6.10. The molecule has 0 aliphatic rings. The van der Waals surface area contributed by atoms with Crippen LogP contribution in [0.5, 0.6) is 0 Å². The minimum atomic E-state index is -4.52. The van der Waals surface area contributed by atoms with Crippen molar-refractivity contribution >= 4 is 0 Å². The van der Waals surface area contributed by atoms with Crippen LogP contribution in [0.25, 0.3) is 5.82 Å². The summed E-state index contributed by atoms with van der Waals surface area (Å²) < 4.78 is 40.4. The number of hydrogen-bond acceptors (Lipinski definition) is 4. The standard InChI is InChI=1S/C30H26F3N5/c1-28(2,23-15-10-17-27(36-23)38-20-18-26(37-38)30(31,32)33)22-14-9-16-25(35-22)29(3,21-11-5-4-6-12-21)24-13-7-8-19-34-24/h4-20H,1-3H3. The molecule has 0 aliphatic carbocycles. The second-order valence-electron chi connectivity index (χ2n) is 9.76. The van der Waals surface area contributed by atoms with Gasteiger partial charge in [-0.05, 0) is 68.8 Å². The molecule has 5 aromatic rings. The van der Waals surface area contributed by atoms with Crippen molar-refractivity contribution in [3.63, 3.8) is 0 Å². The zero-order valence-electron chi connectivity index (χ0n) is 21.2. The van der Waals surface area contributed by atoms with Crippen LogP contribution in [0.3, 0.4) is 0 Å². The van der Waals surface area contributed by atoms with Crippen LogP contribution in [0.4, 0.5) is 13.2 Å². The Morgan fingerprint density at radius 2 is 1.24 bits per heavy atom. The number of pyridine rings is 3. The molecule has 1 unspecified atom stereocenters. The van der Waals surface area contributed by atoms with Gasteiger partial charge in [0.2, 0.25) is 0 Å². The molecule has 1 atom stereocenters. The lowest BCUT2D eigenvalue weighted by Gasteiger charge is -2.31. The summed E-state index contributed by atoms with van der Waals surface area (Å²) in [6.07, 6.45) is -1.48. The van der Waals surface area contributed by atoms with Crippen LogP contribution in [-0.2, 0) is 17.0 Å². The van der Waals surface area contributed by atoms with Gasteiger partial charge in [0.1, 0.15) is 0 Å². The Kier molecular flexibility index (Phi) is 6.34. The Labute approximate surface area is 219 Å². The Hall–Kier alpha value is -4.33. The summed E-state index contributed by atoms with van der Waals surface area (Å²) in [5, 5.41) is 3.67. The molecule has 8 heteroatoms. The van der Waals surface area contributed by atoms with Crippen LogP contribution in [-0.4, -0.2) is 24.7 Å². The Balaban J connectivity index is 1.57. The lowest BCUT2D eigenvalue weighted by Crippen LogP contribution is -2.30. The molecular formula is C30H26F3N5. The van der Waals surface area contributed by atoms with Crippen LogP contribution < -0.4 is 0 Å². The second-order valence-corrected chi connectivity index (χ2v) is 9.76. The van der Waals surface area contributed by atoms with Crippen LogP contribution in [0.1, 0.15) is 54.8 Å². The number of alkyl halides is 3. The second kappa shape index (κ2) is 9.52. The highest BCUT2D eigenvalue weighted by Gasteiger charge is 2.36. The summed E-state index contributed by atoms with van der Waals surface area (Å²) in [6, 6.07) is 28.0. The SMILES string of the molecule is CC(C)(c1cccc(-n2ccc(C(F)(F)F)n2)n1)c1cccc(C(C)(c2ccccc2)c2ccccn2)n1. The molecule has 5 nitrogen and oxygen atoms in total. The quantitative estimate of drug-likeness (QED) is 0.252. The van der Waals surface area contributed by atoms with Gasteiger partial charge in [0.25, 0.3) is 0 Å². The van der Waals surface area contributed by atoms with Gasteiger partial charge in [0.05, 0.1) is 28.2 Å². The van der Waals surface area contributed by atoms with Crippen molar-refractivity contribution in [2.45, 2.75) is 37.8 Å². The highest BCUT2D eigenvalue weighted by Crippen LogP contribution is 2.38. The van der Waals surface area contributed by atoms with E-state index in [-0.39, 0.29) is 0 Å². The van der Waals surface area contributed by atoms with Gasteiger partial charge in [-0.25, -0.2) is 9.67 Å². The summed E-state index contributed by atoms with van der Waals surface area (Å²) >= 11 is 0. The number of benzene rings is 1. The summed E-state index contributed by atoms with van der Waals surface area (Å²) in [4.78, 5) is 14.5. The van der Waals surface area contributed by atoms with Crippen molar-refractivity contribution in [1.82, 2.24) is 24.7 Å². The monoisotopic (exact) mass is 513 g/mol. The van der Waals surface area contributed by atoms with Gasteiger partial charge in [-0.3, -0.25) is 9.97 Å². The van der Waals surface area contributed by atoms with Gasteiger partial charge in [0.15, 0.2) is 11.5 Å². The van der Waals surface area contributed by atoms with Crippen molar-refractivity contribution in [2.24, 2.45) is 0 Å². The van der Waals surface area contributed by atoms with E-state index in [0.717, 1.165) is 33.4 Å². The first-order chi connectivity index (χ1) is 18.1. The zero-order valence-corrected chi connectivity index (χ0v) is 21.2. The molecule has 0 aliphatic heterocycles. The van der Waals surface area contributed by atoms with E-state index >= 15 is 0 Å². The van der Waals surface area contributed by atoms with Crippen LogP contribution >= 0.6 is 0 Å². The van der Waals surface area contributed by atoms with Crippen LogP contribution in [0, 0.1) is 0 Å². The molecular weight excluding hydrogens is 487 g/mol. The van der Waals surface area contributed by atoms with Crippen molar-refractivity contribution < 1.29 is 13.2 Å². The van der Waals surface area contributed by atoms with E-state index in [9.17, 15) is 13.2 Å². The number of rotatable bonds is 6. The predicted molar refractivity (Wildman–Crippen MR) is 139 cm³/mol. The maximum absolute atomic E-state index is 13.1. The number of hydrogen-bond donors (Lipinski definition) is 0. The van der Waals surface area contributed by atoms with Crippen molar-refractivity contribution in [3.05, 3.63) is 137 Å². The molecule has 38 heavy (non-hydrogen) atoms. The lowest BCUT2D eigenvalue weighted by atomic mass is 9.75. The zero-order chi connectivity index (χ0) is 27.0. The van der Waals surface area contributed by atoms with Gasteiger partial charge in [-0.15, -0.1) is 0 Å². The van der Waals surface area contributed by atoms with E-state index < -0.39 is 22.7 Å². The third-order valence-electron chi connectivity index (χ3n) is 6.92. The third kappa shape index (κ3) is 4.58. The highest BCUT2D eigenvalue weighted by atomic mass is 19.4. The largest absolute Gasteiger partial charge is 0.435 e. The molecule has 0 radical (unpaired) electrons. The van der Waals surface area contributed by atoms with Crippen LogP contribution in [0.2, 0.25) is 0 Å². The van der Waals surface area contributed by atoms with E-state index in [0.29, 0.717) is 11.5 Å². The summed E-state index contributed by atoms with van der Waals surface area (Å²) in [5.41, 5.74) is 1.94. The van der Waals surface area contributed by atoms with E-state index in [1.165, 1.54) is 6.20 Å². The highest BCUT2D eigenvalue weighted by molar-refractivity contribution is 5.45. The van der Waals surface area contributed by atoms with Crippen molar-refractivity contribution in [1.29, 1.82) is 0 Å². The minimum absolute atomic E-state index is 0.296. The topological polar surface area (TPSA) is 56.5 Å². The van der Waals surface area contributed by atoms with E-state index in [1.54, 1.807) is 18.3 Å². The average Bonchev–Trinajstić information content (AvgIpc) is 3.45. The van der Waals surface area contributed by atoms with Gasteiger partial charge < -0.3 is 0 Å². The molecule has 0 spiro atoms. The maximum atomic E-state index is 13.1. The Morgan fingerprint density at radius 3 is 1.89 bits per heavy atom. The van der Waals surface area contributed by atoms with Gasteiger partial charge in [0, 0.05) is 17.8 Å². The summed E-state index contributed by atoms with van der Waals surface area (Å²) in [7, 11) is 0. The van der Waals surface area contributed by atoms with Gasteiger partial charge in [-0.2, -0.15) is 18.3 Å². The summed E-state index contributed by atoms with van der Waals surface area (Å²) in [5.74, 6) is 0.296. The first-order valence-corrected chi connectivity index (χ1v) is 12.2. The number of halogens is 3. The smallest absolute Gasteiger partial charge is 0.260 e. The first-order valence-electron chi connectivity index (χ1n) is 12.2.